The van der Waals surface area contributed by atoms with Crippen LogP contribution < -0.4 is 0 Å². The van der Waals surface area contributed by atoms with Crippen molar-refractivity contribution in [2.75, 3.05) is 0 Å². The summed E-state index contributed by atoms with van der Waals surface area (Å²) in [6.07, 6.45) is 3.37. The summed E-state index contributed by atoms with van der Waals surface area (Å²) in [4.78, 5) is 0. The molecule has 1 N–H and O–H groups in total. The molecule has 1 aliphatic heterocycles. The Morgan fingerprint density at radius 1 is 1.54 bits per heavy atom. The zero-order valence-electron chi connectivity index (χ0n) is 7.38. The summed E-state index contributed by atoms with van der Waals surface area (Å²) >= 11 is 0. The number of hydrogen-bond donors (Lipinski definition) is 1. The highest BCUT2D eigenvalue weighted by molar-refractivity contribution is 6.49. The zero-order chi connectivity index (χ0) is 9.26. The Morgan fingerprint density at radius 3 is 3.08 bits per heavy atom. The van der Waals surface area contributed by atoms with E-state index < -0.39 is 7.12 Å². The van der Waals surface area contributed by atoms with Gasteiger partial charge in [0.05, 0.1) is 6.26 Å². The van der Waals surface area contributed by atoms with Gasteiger partial charge in [0, 0.05) is 5.92 Å². The van der Waals surface area contributed by atoms with E-state index >= 15 is 0 Å². The lowest BCUT2D eigenvalue weighted by Gasteiger charge is -2.24. The van der Waals surface area contributed by atoms with E-state index in [0.29, 0.717) is 0 Å². The lowest BCUT2D eigenvalue weighted by atomic mass is 9.82. The summed E-state index contributed by atoms with van der Waals surface area (Å²) in [7, 11) is -0.814. The first-order chi connectivity index (χ1) is 6.27. The molecule has 1 aromatic rings. The molecule has 0 aliphatic carbocycles. The van der Waals surface area contributed by atoms with Gasteiger partial charge in [-0.1, -0.05) is 19.0 Å². The molecule has 1 aliphatic rings. The van der Waals surface area contributed by atoms with Crippen LogP contribution in [0.4, 0.5) is 0 Å². The average molecular weight is 178 g/mol. The summed E-state index contributed by atoms with van der Waals surface area (Å²) in [5, 5.41) is 9.25. The second-order valence-corrected chi connectivity index (χ2v) is 3.21. The molecule has 0 amide bonds. The molecule has 0 spiro atoms. The lowest BCUT2D eigenvalue weighted by molar-refractivity contribution is 0.111. The van der Waals surface area contributed by atoms with E-state index in [4.69, 9.17) is 9.07 Å². The fraction of sp³-hybridized carbons (Fsp3) is 0.333. The Balaban J connectivity index is 2.20. The van der Waals surface area contributed by atoms with Crippen LogP contribution in [0.3, 0.4) is 0 Å². The van der Waals surface area contributed by atoms with Gasteiger partial charge in [0.1, 0.15) is 11.9 Å². The van der Waals surface area contributed by atoms with Crippen molar-refractivity contribution in [3.05, 3.63) is 36.2 Å². The molecule has 13 heavy (non-hydrogen) atoms. The lowest BCUT2D eigenvalue weighted by Crippen LogP contribution is -2.26. The van der Waals surface area contributed by atoms with E-state index in [0.717, 1.165) is 5.76 Å². The topological polar surface area (TPSA) is 42.6 Å². The predicted octanol–water partition coefficient (Wildman–Crippen LogP) is 1.56. The molecular weight excluding hydrogens is 167 g/mol. The van der Waals surface area contributed by atoms with Gasteiger partial charge in [-0.2, -0.15) is 0 Å². The van der Waals surface area contributed by atoms with Crippen LogP contribution in [0, 0.1) is 5.92 Å². The third-order valence-corrected chi connectivity index (χ3v) is 2.17. The third-order valence-electron chi connectivity index (χ3n) is 2.17. The van der Waals surface area contributed by atoms with Gasteiger partial charge < -0.3 is 14.1 Å². The molecule has 0 fully saturated rings. The van der Waals surface area contributed by atoms with Gasteiger partial charge in [0.25, 0.3) is 0 Å². The summed E-state index contributed by atoms with van der Waals surface area (Å²) in [5.41, 5.74) is 0. The second kappa shape index (κ2) is 3.40. The van der Waals surface area contributed by atoms with Crippen LogP contribution >= 0.6 is 0 Å². The minimum atomic E-state index is -0.814. The van der Waals surface area contributed by atoms with E-state index in [-0.39, 0.29) is 12.0 Å². The molecule has 1 aromatic heterocycles. The molecular formula is C9H11BO3. The van der Waals surface area contributed by atoms with Crippen LogP contribution in [-0.2, 0) is 4.65 Å². The Kier molecular flexibility index (Phi) is 2.25. The minimum absolute atomic E-state index is 0.171. The maximum absolute atomic E-state index is 9.25. The highest BCUT2D eigenvalue weighted by Gasteiger charge is 2.28. The standard InChI is InChI=1S/C9H11BO3/c1-7-4-5-10(11)13-9(7)8-3-2-6-12-8/h2-7,9,11H,1H3/t7-,9-/m1/s1. The number of furan rings is 1. The smallest absolute Gasteiger partial charge is 0.467 e. The first-order valence-corrected chi connectivity index (χ1v) is 4.32. The van der Waals surface area contributed by atoms with Gasteiger partial charge in [0.15, 0.2) is 0 Å². The molecule has 68 valence electrons. The number of rotatable bonds is 1. The van der Waals surface area contributed by atoms with E-state index in [2.05, 4.69) is 0 Å². The van der Waals surface area contributed by atoms with Gasteiger partial charge in [-0.15, -0.1) is 0 Å². The fourth-order valence-electron chi connectivity index (χ4n) is 1.47. The van der Waals surface area contributed by atoms with Crippen molar-refractivity contribution in [3.63, 3.8) is 0 Å². The van der Waals surface area contributed by atoms with Gasteiger partial charge in [-0.25, -0.2) is 0 Å². The minimum Gasteiger partial charge on any atom is -0.467 e. The zero-order valence-corrected chi connectivity index (χ0v) is 7.38. The summed E-state index contributed by atoms with van der Waals surface area (Å²) < 4.78 is 10.5. The summed E-state index contributed by atoms with van der Waals surface area (Å²) in [5.74, 6) is 2.63. The molecule has 0 aromatic carbocycles. The van der Waals surface area contributed by atoms with Crippen molar-refractivity contribution in [1.29, 1.82) is 0 Å². The van der Waals surface area contributed by atoms with Gasteiger partial charge in [0.2, 0.25) is 0 Å². The molecule has 0 saturated heterocycles. The monoisotopic (exact) mass is 178 g/mol. The Bertz CT molecular complexity index is 294. The van der Waals surface area contributed by atoms with Crippen LogP contribution in [0.25, 0.3) is 0 Å². The predicted molar refractivity (Wildman–Crippen MR) is 48.8 cm³/mol. The Labute approximate surface area is 77.2 Å². The van der Waals surface area contributed by atoms with Crippen LogP contribution in [0.5, 0.6) is 0 Å². The Morgan fingerprint density at radius 2 is 2.38 bits per heavy atom. The SMILES string of the molecule is C[C@@H]1C=CB(O)O[C@H]1c1ccco1. The molecule has 0 radical (unpaired) electrons. The van der Waals surface area contributed by atoms with Crippen LogP contribution in [0.1, 0.15) is 18.8 Å². The maximum Gasteiger partial charge on any atom is 0.483 e. The van der Waals surface area contributed by atoms with Crippen molar-refractivity contribution >= 4 is 7.12 Å². The second-order valence-electron chi connectivity index (χ2n) is 3.21. The Hall–Kier alpha value is -0.995. The van der Waals surface area contributed by atoms with Crippen molar-refractivity contribution in [1.82, 2.24) is 0 Å². The van der Waals surface area contributed by atoms with Gasteiger partial charge >= 0.3 is 7.12 Å². The van der Waals surface area contributed by atoms with Crippen molar-refractivity contribution < 1.29 is 14.1 Å². The highest BCUT2D eigenvalue weighted by Crippen LogP contribution is 2.30. The van der Waals surface area contributed by atoms with Crippen LogP contribution in [0.2, 0.25) is 0 Å². The molecule has 4 heteroatoms. The normalized spacial score (nSPS) is 28.0. The van der Waals surface area contributed by atoms with Crippen molar-refractivity contribution in [3.8, 4) is 0 Å². The largest absolute Gasteiger partial charge is 0.483 e. The van der Waals surface area contributed by atoms with Crippen LogP contribution in [-0.4, -0.2) is 12.1 Å². The highest BCUT2D eigenvalue weighted by atomic mass is 16.5. The van der Waals surface area contributed by atoms with E-state index in [9.17, 15) is 5.02 Å². The maximum atomic E-state index is 9.25. The first kappa shape index (κ1) is 8.60. The molecule has 0 saturated carbocycles. The van der Waals surface area contributed by atoms with E-state index in [1.165, 1.54) is 0 Å². The first-order valence-electron chi connectivity index (χ1n) is 4.32. The molecule has 2 rings (SSSR count). The third kappa shape index (κ3) is 1.69. The molecule has 2 heterocycles. The molecule has 3 nitrogen and oxygen atoms in total. The van der Waals surface area contributed by atoms with Crippen LogP contribution in [0.15, 0.2) is 34.9 Å². The van der Waals surface area contributed by atoms with Gasteiger partial charge in [-0.05, 0) is 12.1 Å². The quantitative estimate of drug-likeness (QED) is 0.663. The van der Waals surface area contributed by atoms with E-state index in [1.54, 1.807) is 12.2 Å². The summed E-state index contributed by atoms with van der Waals surface area (Å²) in [6.45, 7) is 2.02. The van der Waals surface area contributed by atoms with E-state index in [1.807, 2.05) is 25.1 Å². The van der Waals surface area contributed by atoms with Crippen molar-refractivity contribution in [2.45, 2.75) is 13.0 Å². The number of hydrogen-bond acceptors (Lipinski definition) is 3. The molecule has 2 atom stereocenters. The summed E-state index contributed by atoms with van der Waals surface area (Å²) in [6, 6.07) is 3.67. The average Bonchev–Trinajstić information content (AvgIpc) is 2.61. The fourth-order valence-corrected chi connectivity index (χ4v) is 1.47. The van der Waals surface area contributed by atoms with Crippen molar-refractivity contribution in [2.24, 2.45) is 5.92 Å². The van der Waals surface area contributed by atoms with Gasteiger partial charge in [-0.3, -0.25) is 0 Å². The molecule has 0 bridgehead atoms. The molecule has 0 unspecified atom stereocenters.